The lowest BCUT2D eigenvalue weighted by Gasteiger charge is -2.21. The summed E-state index contributed by atoms with van der Waals surface area (Å²) >= 11 is 0. The summed E-state index contributed by atoms with van der Waals surface area (Å²) < 4.78 is 0. The zero-order chi connectivity index (χ0) is 39.6. The minimum Gasteiger partial charge on any atom is -0.208 e. The van der Waals surface area contributed by atoms with E-state index in [1.54, 1.807) is 0 Å². The molecule has 0 amide bonds. The van der Waals surface area contributed by atoms with Crippen LogP contribution in [0.3, 0.4) is 0 Å². The van der Waals surface area contributed by atoms with Gasteiger partial charge in [0.05, 0.1) is 0 Å². The van der Waals surface area contributed by atoms with Gasteiger partial charge in [0.25, 0.3) is 0 Å². The average Bonchev–Trinajstić information content (AvgIpc) is 3.33. The smallest absolute Gasteiger partial charge is 0.164 e. The first kappa shape index (κ1) is 34.1. The fourth-order valence-electron chi connectivity index (χ4n) is 9.35. The minimum atomic E-state index is 0.642. The van der Waals surface area contributed by atoms with Crippen molar-refractivity contribution in [2.24, 2.45) is 0 Å². The SMILES string of the molecule is c1ccc(-c2nc(-c3ccc4ccccc4c3)nc(-c3ccc(-c4c5ccccc5c(-c5cc6ccccc6c6ccccc56)c5ccccc45)c4ccccc34)n2)cc1. The second-order valence-electron chi connectivity index (χ2n) is 15.5. The van der Waals surface area contributed by atoms with Gasteiger partial charge in [-0.3, -0.25) is 0 Å². The predicted octanol–water partition coefficient (Wildman–Crippen LogP) is 15.1. The molecule has 1 heterocycles. The topological polar surface area (TPSA) is 38.7 Å². The van der Waals surface area contributed by atoms with Crippen LogP contribution in [0.25, 0.3) is 121 Å². The third-order valence-corrected chi connectivity index (χ3v) is 12.1. The Hall–Kier alpha value is -8.01. The molecule has 278 valence electrons. The molecular formula is C57H35N3. The molecule has 60 heavy (non-hydrogen) atoms. The molecule has 0 bridgehead atoms. The van der Waals surface area contributed by atoms with Gasteiger partial charge in [0, 0.05) is 16.7 Å². The number of rotatable bonds is 5. The van der Waals surface area contributed by atoms with E-state index in [9.17, 15) is 0 Å². The highest BCUT2D eigenvalue weighted by atomic mass is 15.0. The summed E-state index contributed by atoms with van der Waals surface area (Å²) in [5.41, 5.74) is 7.75. The van der Waals surface area contributed by atoms with Crippen molar-refractivity contribution in [3.05, 3.63) is 212 Å². The molecule has 1 aromatic heterocycles. The lowest BCUT2D eigenvalue weighted by molar-refractivity contribution is 1.08. The van der Waals surface area contributed by atoms with Crippen LogP contribution >= 0.6 is 0 Å². The molecule has 0 aliphatic rings. The van der Waals surface area contributed by atoms with E-state index in [2.05, 4.69) is 194 Å². The molecule has 0 atom stereocenters. The van der Waals surface area contributed by atoms with Crippen molar-refractivity contribution in [3.63, 3.8) is 0 Å². The maximum absolute atomic E-state index is 5.23. The Kier molecular flexibility index (Phi) is 7.85. The molecule has 0 radical (unpaired) electrons. The van der Waals surface area contributed by atoms with Crippen LogP contribution in [-0.2, 0) is 0 Å². The van der Waals surface area contributed by atoms with E-state index in [0.717, 1.165) is 32.8 Å². The van der Waals surface area contributed by atoms with Crippen molar-refractivity contribution in [1.29, 1.82) is 0 Å². The highest BCUT2D eigenvalue weighted by Gasteiger charge is 2.22. The number of fused-ring (bicyclic) bond motifs is 7. The molecule has 12 aromatic rings. The molecule has 0 aliphatic heterocycles. The van der Waals surface area contributed by atoms with E-state index in [1.165, 1.54) is 70.7 Å². The van der Waals surface area contributed by atoms with Gasteiger partial charge in [-0.15, -0.1) is 0 Å². The Balaban J connectivity index is 1.11. The van der Waals surface area contributed by atoms with Gasteiger partial charge >= 0.3 is 0 Å². The van der Waals surface area contributed by atoms with E-state index in [-0.39, 0.29) is 0 Å². The van der Waals surface area contributed by atoms with Gasteiger partial charge in [0.2, 0.25) is 0 Å². The summed E-state index contributed by atoms with van der Waals surface area (Å²) in [5, 5.41) is 14.5. The average molecular weight is 762 g/mol. The molecule has 0 saturated heterocycles. The van der Waals surface area contributed by atoms with Gasteiger partial charge in [0.15, 0.2) is 17.5 Å². The predicted molar refractivity (Wildman–Crippen MR) is 252 cm³/mol. The number of hydrogen-bond acceptors (Lipinski definition) is 3. The third-order valence-electron chi connectivity index (χ3n) is 12.1. The van der Waals surface area contributed by atoms with E-state index in [4.69, 9.17) is 15.0 Å². The summed E-state index contributed by atoms with van der Waals surface area (Å²) in [4.78, 5) is 15.5. The van der Waals surface area contributed by atoms with Gasteiger partial charge in [-0.05, 0) is 105 Å². The van der Waals surface area contributed by atoms with Crippen LogP contribution in [-0.4, -0.2) is 15.0 Å². The molecule has 0 spiro atoms. The molecule has 3 nitrogen and oxygen atoms in total. The molecule has 11 aromatic carbocycles. The largest absolute Gasteiger partial charge is 0.208 e. The lowest BCUT2D eigenvalue weighted by Crippen LogP contribution is -2.01. The van der Waals surface area contributed by atoms with Crippen molar-refractivity contribution in [1.82, 2.24) is 15.0 Å². The molecule has 0 unspecified atom stereocenters. The van der Waals surface area contributed by atoms with Gasteiger partial charge in [0.1, 0.15) is 0 Å². The van der Waals surface area contributed by atoms with Crippen LogP contribution < -0.4 is 0 Å². The highest BCUT2D eigenvalue weighted by Crippen LogP contribution is 2.48. The van der Waals surface area contributed by atoms with Crippen molar-refractivity contribution < 1.29 is 0 Å². The lowest BCUT2D eigenvalue weighted by atomic mass is 9.82. The molecule has 0 aliphatic carbocycles. The first-order chi connectivity index (χ1) is 29.8. The summed E-state index contributed by atoms with van der Waals surface area (Å²) in [6.07, 6.45) is 0. The molecule has 0 fully saturated rings. The second kappa shape index (κ2) is 13.8. The Morgan fingerprint density at radius 1 is 0.217 bits per heavy atom. The molecule has 0 N–H and O–H groups in total. The number of hydrogen-bond donors (Lipinski definition) is 0. The Morgan fingerprint density at radius 3 is 1.30 bits per heavy atom. The Labute approximate surface area is 346 Å². The van der Waals surface area contributed by atoms with Gasteiger partial charge in [-0.1, -0.05) is 194 Å². The normalized spacial score (nSPS) is 11.7. The van der Waals surface area contributed by atoms with E-state index >= 15 is 0 Å². The van der Waals surface area contributed by atoms with Crippen molar-refractivity contribution >= 4 is 64.6 Å². The zero-order valence-electron chi connectivity index (χ0n) is 32.5. The zero-order valence-corrected chi connectivity index (χ0v) is 32.5. The summed E-state index contributed by atoms with van der Waals surface area (Å²) in [5.74, 6) is 1.93. The van der Waals surface area contributed by atoms with E-state index in [1.807, 2.05) is 18.2 Å². The van der Waals surface area contributed by atoms with Gasteiger partial charge in [-0.25, -0.2) is 15.0 Å². The Morgan fingerprint density at radius 2 is 0.650 bits per heavy atom. The monoisotopic (exact) mass is 761 g/mol. The maximum atomic E-state index is 5.23. The number of aromatic nitrogens is 3. The molecule has 0 saturated carbocycles. The minimum absolute atomic E-state index is 0.642. The van der Waals surface area contributed by atoms with Gasteiger partial charge in [-0.2, -0.15) is 0 Å². The van der Waals surface area contributed by atoms with Crippen LogP contribution in [0.4, 0.5) is 0 Å². The third kappa shape index (κ3) is 5.48. The van der Waals surface area contributed by atoms with E-state index in [0.29, 0.717) is 17.5 Å². The summed E-state index contributed by atoms with van der Waals surface area (Å²) in [6.45, 7) is 0. The van der Waals surface area contributed by atoms with Crippen LogP contribution in [0.15, 0.2) is 212 Å². The van der Waals surface area contributed by atoms with Crippen molar-refractivity contribution in [2.45, 2.75) is 0 Å². The van der Waals surface area contributed by atoms with Gasteiger partial charge < -0.3 is 0 Å². The van der Waals surface area contributed by atoms with Crippen LogP contribution in [0.1, 0.15) is 0 Å². The molecule has 3 heteroatoms. The first-order valence-corrected chi connectivity index (χ1v) is 20.4. The summed E-state index contributed by atoms with van der Waals surface area (Å²) in [6, 6.07) is 76.0. The van der Waals surface area contributed by atoms with Crippen LogP contribution in [0, 0.1) is 0 Å². The fourth-order valence-corrected chi connectivity index (χ4v) is 9.35. The molecule has 12 rings (SSSR count). The standard InChI is InChI=1S/C57H35N3/c1-2-17-37(18-3-1)55-58-56(40-31-30-36-16-4-5-19-38(36)34-40)60-57(59-55)51-33-32-50(43-23-9-10-24-44(43)51)53-46-26-12-14-28-48(46)54(49-29-15-13-27-47(49)53)52-35-39-20-6-7-21-41(39)42-22-8-11-25-45(42)52/h1-35H. The quantitative estimate of drug-likeness (QED) is 0.129. The fraction of sp³-hybridized carbons (Fsp3) is 0. The number of benzene rings is 11. The second-order valence-corrected chi connectivity index (χ2v) is 15.5. The van der Waals surface area contributed by atoms with E-state index < -0.39 is 0 Å². The van der Waals surface area contributed by atoms with Crippen molar-refractivity contribution in [2.75, 3.05) is 0 Å². The number of nitrogens with zero attached hydrogens (tertiary/aromatic N) is 3. The van der Waals surface area contributed by atoms with Crippen molar-refractivity contribution in [3.8, 4) is 56.4 Å². The van der Waals surface area contributed by atoms with Crippen LogP contribution in [0.5, 0.6) is 0 Å². The van der Waals surface area contributed by atoms with Crippen LogP contribution in [0.2, 0.25) is 0 Å². The highest BCUT2D eigenvalue weighted by molar-refractivity contribution is 6.27. The summed E-state index contributed by atoms with van der Waals surface area (Å²) in [7, 11) is 0. The Bertz CT molecular complexity index is 3610. The first-order valence-electron chi connectivity index (χ1n) is 20.4. The molecular weight excluding hydrogens is 727 g/mol. The maximum Gasteiger partial charge on any atom is 0.164 e.